The van der Waals surface area contributed by atoms with Gasteiger partial charge in [-0.3, -0.25) is 4.79 Å². The molecule has 27 heavy (non-hydrogen) atoms. The van der Waals surface area contributed by atoms with Gasteiger partial charge in [-0.15, -0.1) is 0 Å². The lowest BCUT2D eigenvalue weighted by atomic mass is 10.1. The number of carbonyl (C=O) groups is 1. The first kappa shape index (κ1) is 17.7. The molecule has 2 N–H and O–H groups in total. The molecule has 0 bridgehead atoms. The first-order valence-corrected chi connectivity index (χ1v) is 9.73. The summed E-state index contributed by atoms with van der Waals surface area (Å²) >= 11 is 0. The molecule has 4 nitrogen and oxygen atoms in total. The number of ether oxygens (including phenoxy) is 1. The maximum Gasteiger partial charge on any atom is 0.258 e. The van der Waals surface area contributed by atoms with Crippen LogP contribution in [-0.2, 0) is 24.1 Å². The molecule has 1 aromatic heterocycles. The normalized spacial score (nSPS) is 15.7. The largest absolute Gasteiger partial charge is 0.484 e. The Morgan fingerprint density at radius 2 is 2.00 bits per heavy atom. The maximum absolute atomic E-state index is 12.3. The van der Waals surface area contributed by atoms with Crippen molar-refractivity contribution in [1.82, 2.24) is 10.3 Å². The van der Waals surface area contributed by atoms with E-state index >= 15 is 0 Å². The summed E-state index contributed by atoms with van der Waals surface area (Å²) in [4.78, 5) is 15.8. The van der Waals surface area contributed by atoms with Gasteiger partial charge in [0.2, 0.25) is 0 Å². The van der Waals surface area contributed by atoms with Crippen molar-refractivity contribution in [1.29, 1.82) is 0 Å². The summed E-state index contributed by atoms with van der Waals surface area (Å²) in [7, 11) is 0. The van der Waals surface area contributed by atoms with Crippen LogP contribution < -0.4 is 10.1 Å². The highest BCUT2D eigenvalue weighted by Crippen LogP contribution is 2.30. The zero-order valence-corrected chi connectivity index (χ0v) is 16.0. The van der Waals surface area contributed by atoms with Crippen LogP contribution in [-0.4, -0.2) is 23.5 Å². The Labute approximate surface area is 159 Å². The lowest BCUT2D eigenvalue weighted by Gasteiger charge is -2.13. The third-order valence-electron chi connectivity index (χ3n) is 5.25. The molecule has 1 amide bonds. The Morgan fingerprint density at radius 1 is 1.19 bits per heavy atom. The number of nitrogens with one attached hydrogen (secondary N) is 2. The summed E-state index contributed by atoms with van der Waals surface area (Å²) in [6.07, 6.45) is 3.91. The van der Waals surface area contributed by atoms with Gasteiger partial charge in [-0.1, -0.05) is 37.1 Å². The number of rotatable bonds is 6. The van der Waals surface area contributed by atoms with E-state index in [-0.39, 0.29) is 18.6 Å². The lowest BCUT2D eigenvalue weighted by Crippen LogP contribution is -2.38. The van der Waals surface area contributed by atoms with Crippen LogP contribution in [0.2, 0.25) is 0 Å². The summed E-state index contributed by atoms with van der Waals surface area (Å²) in [5.41, 5.74) is 6.32. The number of aromatic amines is 1. The number of benzene rings is 2. The molecule has 0 radical (unpaired) electrons. The zero-order valence-electron chi connectivity index (χ0n) is 16.0. The number of aromatic nitrogens is 1. The molecular weight excluding hydrogens is 336 g/mol. The van der Waals surface area contributed by atoms with Gasteiger partial charge >= 0.3 is 0 Å². The Morgan fingerprint density at radius 3 is 2.78 bits per heavy atom. The quantitative estimate of drug-likeness (QED) is 0.694. The van der Waals surface area contributed by atoms with Crippen LogP contribution in [0.15, 0.2) is 42.5 Å². The van der Waals surface area contributed by atoms with Crippen LogP contribution in [0.25, 0.3) is 10.9 Å². The van der Waals surface area contributed by atoms with E-state index < -0.39 is 0 Å². The Kier molecular flexibility index (Phi) is 4.88. The lowest BCUT2D eigenvalue weighted by molar-refractivity contribution is -0.123. The molecule has 1 heterocycles. The van der Waals surface area contributed by atoms with Crippen molar-refractivity contribution in [3.8, 4) is 5.75 Å². The number of hydrogen-bond donors (Lipinski definition) is 2. The number of hydrogen-bond acceptors (Lipinski definition) is 2. The number of fused-ring (bicyclic) bond motifs is 3. The minimum Gasteiger partial charge on any atom is -0.484 e. The summed E-state index contributed by atoms with van der Waals surface area (Å²) in [5, 5.41) is 4.39. The van der Waals surface area contributed by atoms with E-state index in [0.717, 1.165) is 31.4 Å². The molecule has 0 spiro atoms. The first-order valence-electron chi connectivity index (χ1n) is 9.73. The Bertz CT molecular complexity index is 956. The molecule has 0 saturated heterocycles. The SMILES string of the molecule is CCCc1ccc(OCC(=O)NC2Cc3[nH]c4ccc(C)cc4c3C2)cc1. The summed E-state index contributed by atoms with van der Waals surface area (Å²) in [5.74, 6) is 0.673. The van der Waals surface area contributed by atoms with Gasteiger partial charge in [0, 0.05) is 29.1 Å². The first-order chi connectivity index (χ1) is 13.1. The van der Waals surface area contributed by atoms with Gasteiger partial charge in [0.05, 0.1) is 0 Å². The number of H-pyrrole nitrogens is 1. The average molecular weight is 362 g/mol. The number of carbonyl (C=O) groups excluding carboxylic acids is 1. The molecule has 0 saturated carbocycles. The molecule has 140 valence electrons. The minimum atomic E-state index is -0.0664. The molecule has 4 rings (SSSR count). The van der Waals surface area contributed by atoms with Gasteiger partial charge in [-0.2, -0.15) is 0 Å². The second-order valence-electron chi connectivity index (χ2n) is 7.49. The predicted octanol–water partition coefficient (Wildman–Crippen LogP) is 4.09. The van der Waals surface area contributed by atoms with Crippen LogP contribution in [0.1, 0.15) is 35.7 Å². The summed E-state index contributed by atoms with van der Waals surface area (Å²) < 4.78 is 5.64. The van der Waals surface area contributed by atoms with Crippen LogP contribution in [0.5, 0.6) is 5.75 Å². The number of amides is 1. The molecule has 1 atom stereocenters. The Hall–Kier alpha value is -2.75. The van der Waals surface area contributed by atoms with E-state index in [1.807, 2.05) is 12.1 Å². The van der Waals surface area contributed by atoms with Crippen LogP contribution in [0.3, 0.4) is 0 Å². The van der Waals surface area contributed by atoms with Crippen molar-refractivity contribution in [3.63, 3.8) is 0 Å². The molecule has 0 aliphatic heterocycles. The zero-order chi connectivity index (χ0) is 18.8. The second kappa shape index (κ2) is 7.47. The van der Waals surface area contributed by atoms with Gasteiger partial charge in [0.1, 0.15) is 5.75 Å². The Balaban J connectivity index is 1.31. The average Bonchev–Trinajstić information content (AvgIpc) is 3.19. The third-order valence-corrected chi connectivity index (χ3v) is 5.25. The molecule has 0 fully saturated rings. The number of aryl methyl sites for hydroxylation is 2. The van der Waals surface area contributed by atoms with Crippen molar-refractivity contribution < 1.29 is 9.53 Å². The van der Waals surface area contributed by atoms with Crippen molar-refractivity contribution in [2.75, 3.05) is 6.61 Å². The van der Waals surface area contributed by atoms with Crippen LogP contribution in [0, 0.1) is 6.92 Å². The van der Waals surface area contributed by atoms with Crippen LogP contribution >= 0.6 is 0 Å². The molecule has 3 aromatic rings. The highest BCUT2D eigenvalue weighted by Gasteiger charge is 2.26. The van der Waals surface area contributed by atoms with Gasteiger partial charge in [-0.25, -0.2) is 0 Å². The highest BCUT2D eigenvalue weighted by molar-refractivity contribution is 5.86. The van der Waals surface area contributed by atoms with E-state index in [0.29, 0.717) is 0 Å². The summed E-state index contributed by atoms with van der Waals surface area (Å²) in [6.45, 7) is 4.33. The molecule has 2 aromatic carbocycles. The van der Waals surface area contributed by atoms with Crippen LogP contribution in [0.4, 0.5) is 0 Å². The van der Waals surface area contributed by atoms with Gasteiger partial charge < -0.3 is 15.0 Å². The highest BCUT2D eigenvalue weighted by atomic mass is 16.5. The second-order valence-corrected chi connectivity index (χ2v) is 7.49. The van der Waals surface area contributed by atoms with Gasteiger partial charge in [0.25, 0.3) is 5.91 Å². The molecule has 1 unspecified atom stereocenters. The fourth-order valence-corrected chi connectivity index (χ4v) is 3.95. The van der Waals surface area contributed by atoms with Crippen molar-refractivity contribution >= 4 is 16.8 Å². The fraction of sp³-hybridized carbons (Fsp3) is 0.348. The van der Waals surface area contributed by atoms with Gasteiger partial charge in [0.15, 0.2) is 6.61 Å². The predicted molar refractivity (Wildman–Crippen MR) is 108 cm³/mol. The standard InChI is InChI=1S/C23H26N2O2/c1-3-4-16-6-8-18(9-7-16)27-14-23(26)24-17-12-20-19-11-15(2)5-10-21(19)25-22(20)13-17/h5-11,17,25H,3-4,12-14H2,1-2H3,(H,24,26). The van der Waals surface area contributed by atoms with E-state index in [1.54, 1.807) is 0 Å². The molecular formula is C23H26N2O2. The molecule has 4 heteroatoms. The van der Waals surface area contributed by atoms with E-state index in [2.05, 4.69) is 54.5 Å². The third kappa shape index (κ3) is 3.85. The van der Waals surface area contributed by atoms with Crippen molar-refractivity contribution in [2.45, 2.75) is 45.6 Å². The fourth-order valence-electron chi connectivity index (χ4n) is 3.95. The summed E-state index contributed by atoms with van der Waals surface area (Å²) in [6, 6.07) is 14.6. The van der Waals surface area contributed by atoms with Gasteiger partial charge in [-0.05, 0) is 55.2 Å². The molecule has 1 aliphatic rings. The topological polar surface area (TPSA) is 54.1 Å². The van der Waals surface area contributed by atoms with E-state index in [9.17, 15) is 4.79 Å². The van der Waals surface area contributed by atoms with E-state index in [1.165, 1.54) is 33.3 Å². The monoisotopic (exact) mass is 362 g/mol. The van der Waals surface area contributed by atoms with Crippen molar-refractivity contribution in [3.05, 3.63) is 64.8 Å². The molecule has 1 aliphatic carbocycles. The minimum absolute atomic E-state index is 0.0530. The van der Waals surface area contributed by atoms with Crippen molar-refractivity contribution in [2.24, 2.45) is 0 Å². The van der Waals surface area contributed by atoms with E-state index in [4.69, 9.17) is 4.74 Å². The maximum atomic E-state index is 12.3. The smallest absolute Gasteiger partial charge is 0.258 e.